The van der Waals surface area contributed by atoms with Crippen LogP contribution in [0.3, 0.4) is 0 Å². The number of ether oxygens (including phenoxy) is 2. The summed E-state index contributed by atoms with van der Waals surface area (Å²) < 4.78 is 12.2. The van der Waals surface area contributed by atoms with Gasteiger partial charge in [-0.25, -0.2) is 0 Å². The van der Waals surface area contributed by atoms with E-state index in [1.165, 1.54) is 11.1 Å². The minimum atomic E-state index is 0.0536. The van der Waals surface area contributed by atoms with Crippen molar-refractivity contribution in [2.75, 3.05) is 18.5 Å². The van der Waals surface area contributed by atoms with Gasteiger partial charge in [-0.05, 0) is 48.6 Å². The fourth-order valence-corrected chi connectivity index (χ4v) is 3.36. The van der Waals surface area contributed by atoms with E-state index < -0.39 is 0 Å². The average Bonchev–Trinajstić information content (AvgIpc) is 2.78. The largest absolute Gasteiger partial charge is 0.493 e. The van der Waals surface area contributed by atoms with Gasteiger partial charge in [0.15, 0.2) is 0 Å². The highest BCUT2D eigenvalue weighted by molar-refractivity contribution is 5.48. The molecule has 0 radical (unpaired) electrons. The highest BCUT2D eigenvalue weighted by Crippen LogP contribution is 2.29. The second kappa shape index (κ2) is 11.3. The number of hydrogen-bond donors (Lipinski definition) is 1. The first-order chi connectivity index (χ1) is 14.7. The molecule has 0 bridgehead atoms. The van der Waals surface area contributed by atoms with Crippen molar-refractivity contribution >= 4 is 5.69 Å². The van der Waals surface area contributed by atoms with Crippen LogP contribution in [0, 0.1) is 0 Å². The van der Waals surface area contributed by atoms with Crippen LogP contribution in [0.2, 0.25) is 0 Å². The fourth-order valence-electron chi connectivity index (χ4n) is 3.36. The predicted molar refractivity (Wildman–Crippen MR) is 126 cm³/mol. The van der Waals surface area contributed by atoms with Crippen molar-refractivity contribution in [3.05, 3.63) is 90.0 Å². The first-order valence-corrected chi connectivity index (χ1v) is 10.9. The number of rotatable bonds is 11. The lowest BCUT2D eigenvalue weighted by atomic mass is 9.98. The highest BCUT2D eigenvalue weighted by atomic mass is 16.5. The Kier molecular flexibility index (Phi) is 8.20. The summed E-state index contributed by atoms with van der Waals surface area (Å²) in [5.74, 6) is 2.36. The Balaban J connectivity index is 1.49. The first-order valence-electron chi connectivity index (χ1n) is 10.9. The van der Waals surface area contributed by atoms with E-state index in [1.807, 2.05) is 30.3 Å². The molecule has 2 unspecified atom stereocenters. The Morgan fingerprint density at radius 3 is 2.43 bits per heavy atom. The van der Waals surface area contributed by atoms with Crippen molar-refractivity contribution in [3.63, 3.8) is 0 Å². The third-order valence-corrected chi connectivity index (χ3v) is 5.32. The van der Waals surface area contributed by atoms with Crippen molar-refractivity contribution in [1.82, 2.24) is 0 Å². The molecule has 0 aliphatic carbocycles. The average molecular weight is 404 g/mol. The molecular formula is C27H33NO2. The Labute approximate surface area is 181 Å². The van der Waals surface area contributed by atoms with Crippen molar-refractivity contribution in [3.8, 4) is 11.5 Å². The van der Waals surface area contributed by atoms with Gasteiger partial charge in [-0.15, -0.1) is 0 Å². The first kappa shape index (κ1) is 21.8. The van der Waals surface area contributed by atoms with Gasteiger partial charge in [0.2, 0.25) is 0 Å². The Hall–Kier alpha value is -2.94. The van der Waals surface area contributed by atoms with Gasteiger partial charge >= 0.3 is 0 Å². The zero-order valence-electron chi connectivity index (χ0n) is 18.3. The molecular weight excluding hydrogens is 370 g/mol. The molecule has 2 atom stereocenters. The van der Waals surface area contributed by atoms with Crippen LogP contribution in [0.4, 0.5) is 5.69 Å². The van der Waals surface area contributed by atoms with Gasteiger partial charge in [-0.2, -0.15) is 0 Å². The fraction of sp³-hybridized carbons (Fsp3) is 0.333. The zero-order valence-corrected chi connectivity index (χ0v) is 18.3. The summed E-state index contributed by atoms with van der Waals surface area (Å²) in [5.41, 5.74) is 3.61. The van der Waals surface area contributed by atoms with E-state index in [0.717, 1.165) is 36.6 Å². The molecule has 0 aliphatic rings. The lowest BCUT2D eigenvalue weighted by molar-refractivity contribution is 0.231. The van der Waals surface area contributed by atoms with Gasteiger partial charge < -0.3 is 14.8 Å². The van der Waals surface area contributed by atoms with E-state index in [0.29, 0.717) is 12.5 Å². The van der Waals surface area contributed by atoms with Gasteiger partial charge in [-0.1, -0.05) is 68.4 Å². The van der Waals surface area contributed by atoms with Crippen molar-refractivity contribution in [2.24, 2.45) is 0 Å². The predicted octanol–water partition coefficient (Wildman–Crippen LogP) is 6.70. The minimum Gasteiger partial charge on any atom is -0.493 e. The summed E-state index contributed by atoms with van der Waals surface area (Å²) in [6.07, 6.45) is 2.06. The molecule has 0 spiro atoms. The molecule has 0 aliphatic heterocycles. The minimum absolute atomic E-state index is 0.0536. The van der Waals surface area contributed by atoms with Gasteiger partial charge in [0.1, 0.15) is 17.6 Å². The topological polar surface area (TPSA) is 30.5 Å². The zero-order chi connectivity index (χ0) is 21.2. The third-order valence-electron chi connectivity index (χ3n) is 5.32. The number of benzene rings is 3. The molecule has 0 amide bonds. The molecule has 0 heterocycles. The van der Waals surface area contributed by atoms with Crippen LogP contribution in [0.15, 0.2) is 78.9 Å². The smallest absolute Gasteiger partial charge is 0.123 e. The van der Waals surface area contributed by atoms with Crippen LogP contribution < -0.4 is 14.8 Å². The second-order valence-electron chi connectivity index (χ2n) is 7.77. The molecule has 0 saturated carbocycles. The molecule has 3 aromatic rings. The van der Waals surface area contributed by atoms with Gasteiger partial charge in [0, 0.05) is 18.2 Å². The second-order valence-corrected chi connectivity index (χ2v) is 7.77. The molecule has 3 nitrogen and oxygen atoms in total. The Morgan fingerprint density at radius 2 is 1.63 bits per heavy atom. The van der Waals surface area contributed by atoms with Crippen molar-refractivity contribution in [1.29, 1.82) is 0 Å². The monoisotopic (exact) mass is 403 g/mol. The molecule has 3 rings (SSSR count). The molecule has 30 heavy (non-hydrogen) atoms. The maximum atomic E-state index is 6.24. The van der Waals surface area contributed by atoms with Crippen LogP contribution in [-0.4, -0.2) is 19.3 Å². The summed E-state index contributed by atoms with van der Waals surface area (Å²) >= 11 is 0. The SMILES string of the molecule is CCC(C)c1ccccc1OC(C)CNc1cccc(OCCc2ccccc2)c1. The standard InChI is InChI=1S/C27H33NO2/c1-4-21(2)26-15-8-9-16-27(26)30-22(3)20-28-24-13-10-14-25(19-24)29-18-17-23-11-6-5-7-12-23/h5-16,19,21-22,28H,4,17-18,20H2,1-3H3. The summed E-state index contributed by atoms with van der Waals surface area (Å²) in [5, 5.41) is 3.47. The Morgan fingerprint density at radius 1 is 0.867 bits per heavy atom. The Bertz CT molecular complexity index is 894. The summed E-state index contributed by atoms with van der Waals surface area (Å²) in [4.78, 5) is 0. The van der Waals surface area contributed by atoms with Gasteiger partial charge in [0.25, 0.3) is 0 Å². The molecule has 158 valence electrons. The van der Waals surface area contributed by atoms with E-state index in [1.54, 1.807) is 0 Å². The summed E-state index contributed by atoms with van der Waals surface area (Å²) in [7, 11) is 0. The van der Waals surface area contributed by atoms with Gasteiger partial charge in [0.05, 0.1) is 13.2 Å². The van der Waals surface area contributed by atoms with Crippen molar-refractivity contribution < 1.29 is 9.47 Å². The molecule has 0 fully saturated rings. The maximum absolute atomic E-state index is 6.24. The van der Waals surface area contributed by atoms with Crippen LogP contribution in [0.1, 0.15) is 44.2 Å². The lowest BCUT2D eigenvalue weighted by Crippen LogP contribution is -2.23. The van der Waals surface area contributed by atoms with Crippen LogP contribution in [-0.2, 0) is 6.42 Å². The summed E-state index contributed by atoms with van der Waals surface area (Å²) in [6, 6.07) is 26.9. The molecule has 0 aromatic heterocycles. The van der Waals surface area contributed by atoms with E-state index >= 15 is 0 Å². The molecule has 0 saturated heterocycles. The van der Waals surface area contributed by atoms with E-state index in [-0.39, 0.29) is 6.10 Å². The maximum Gasteiger partial charge on any atom is 0.123 e. The highest BCUT2D eigenvalue weighted by Gasteiger charge is 2.12. The molecule has 1 N–H and O–H groups in total. The van der Waals surface area contributed by atoms with Crippen LogP contribution in [0.5, 0.6) is 11.5 Å². The number of hydrogen-bond acceptors (Lipinski definition) is 3. The number of nitrogens with one attached hydrogen (secondary N) is 1. The van der Waals surface area contributed by atoms with Crippen molar-refractivity contribution in [2.45, 2.75) is 45.6 Å². The summed E-state index contributed by atoms with van der Waals surface area (Å²) in [6.45, 7) is 7.94. The van der Waals surface area contributed by atoms with E-state index in [9.17, 15) is 0 Å². The number of anilines is 1. The number of para-hydroxylation sites is 1. The normalized spacial score (nSPS) is 12.8. The lowest BCUT2D eigenvalue weighted by Gasteiger charge is -2.21. The van der Waals surface area contributed by atoms with Crippen LogP contribution in [0.25, 0.3) is 0 Å². The van der Waals surface area contributed by atoms with E-state index in [4.69, 9.17) is 9.47 Å². The molecule has 3 heteroatoms. The van der Waals surface area contributed by atoms with Gasteiger partial charge in [-0.3, -0.25) is 0 Å². The van der Waals surface area contributed by atoms with Crippen LogP contribution >= 0.6 is 0 Å². The quantitative estimate of drug-likeness (QED) is 0.386. The molecule has 3 aromatic carbocycles. The third kappa shape index (κ3) is 6.55. The van der Waals surface area contributed by atoms with E-state index in [2.05, 4.69) is 74.6 Å².